The Hall–Kier alpha value is -0.840. The summed E-state index contributed by atoms with van der Waals surface area (Å²) in [4.78, 5) is 6.09. The molecule has 0 amide bonds. The number of rotatable bonds is 3. The summed E-state index contributed by atoms with van der Waals surface area (Å²) in [5.74, 6) is 0.725. The molecule has 0 bridgehead atoms. The first-order valence-corrected chi connectivity index (χ1v) is 7.48. The van der Waals surface area contributed by atoms with Gasteiger partial charge in [0.25, 0.3) is 0 Å². The SMILES string of the molecule is Cc1c[nH]c2c1C(N1CCOCC1)CC(CCN)C2. The third kappa shape index (κ3) is 2.57. The number of aromatic amines is 1. The number of nitrogens with zero attached hydrogens (tertiary/aromatic N) is 1. The molecule has 2 unspecified atom stereocenters. The molecule has 1 aliphatic heterocycles. The Balaban J connectivity index is 1.85. The van der Waals surface area contributed by atoms with Crippen LogP contribution >= 0.6 is 0 Å². The van der Waals surface area contributed by atoms with Gasteiger partial charge in [-0.25, -0.2) is 0 Å². The van der Waals surface area contributed by atoms with Gasteiger partial charge in [0.2, 0.25) is 0 Å². The predicted octanol–water partition coefficient (Wildman–Crippen LogP) is 1.61. The Morgan fingerprint density at radius 2 is 2.21 bits per heavy atom. The van der Waals surface area contributed by atoms with Gasteiger partial charge >= 0.3 is 0 Å². The van der Waals surface area contributed by atoms with Crippen LogP contribution in [0.3, 0.4) is 0 Å². The number of aryl methyl sites for hydroxylation is 1. The topological polar surface area (TPSA) is 54.3 Å². The van der Waals surface area contributed by atoms with Crippen molar-refractivity contribution in [2.75, 3.05) is 32.8 Å². The Labute approximate surface area is 115 Å². The van der Waals surface area contributed by atoms with Crippen molar-refractivity contribution in [3.63, 3.8) is 0 Å². The van der Waals surface area contributed by atoms with Gasteiger partial charge in [-0.1, -0.05) is 0 Å². The summed E-state index contributed by atoms with van der Waals surface area (Å²) < 4.78 is 5.50. The van der Waals surface area contributed by atoms with Gasteiger partial charge in [0.1, 0.15) is 0 Å². The molecule has 19 heavy (non-hydrogen) atoms. The molecule has 1 fully saturated rings. The van der Waals surface area contributed by atoms with Crippen LogP contribution in [0.25, 0.3) is 0 Å². The molecule has 4 heteroatoms. The van der Waals surface area contributed by atoms with E-state index in [0.29, 0.717) is 6.04 Å². The molecular formula is C15H25N3O. The van der Waals surface area contributed by atoms with Crippen molar-refractivity contribution in [2.45, 2.75) is 32.2 Å². The molecule has 2 heterocycles. The lowest BCUT2D eigenvalue weighted by atomic mass is 9.80. The van der Waals surface area contributed by atoms with Gasteiger partial charge in [-0.2, -0.15) is 0 Å². The second kappa shape index (κ2) is 5.65. The fourth-order valence-electron chi connectivity index (χ4n) is 3.70. The number of hydrogen-bond acceptors (Lipinski definition) is 3. The summed E-state index contributed by atoms with van der Waals surface area (Å²) in [6, 6.07) is 0.565. The van der Waals surface area contributed by atoms with Crippen LogP contribution in [0.4, 0.5) is 0 Å². The van der Waals surface area contributed by atoms with Gasteiger partial charge in [0, 0.05) is 31.0 Å². The maximum atomic E-state index is 5.76. The highest BCUT2D eigenvalue weighted by atomic mass is 16.5. The molecule has 1 aromatic heterocycles. The average Bonchev–Trinajstić information content (AvgIpc) is 2.81. The molecule has 2 atom stereocenters. The zero-order chi connectivity index (χ0) is 13.2. The molecule has 3 N–H and O–H groups in total. The van der Waals surface area contributed by atoms with Gasteiger partial charge in [-0.15, -0.1) is 0 Å². The lowest BCUT2D eigenvalue weighted by Gasteiger charge is -2.40. The van der Waals surface area contributed by atoms with E-state index in [4.69, 9.17) is 10.5 Å². The van der Waals surface area contributed by atoms with E-state index in [1.807, 2.05) is 0 Å². The fraction of sp³-hybridized carbons (Fsp3) is 0.733. The smallest absolute Gasteiger partial charge is 0.0594 e. The number of aromatic nitrogens is 1. The number of nitrogens with two attached hydrogens (primary N) is 1. The molecule has 0 saturated carbocycles. The van der Waals surface area contributed by atoms with E-state index in [2.05, 4.69) is 23.0 Å². The Morgan fingerprint density at radius 1 is 1.42 bits per heavy atom. The lowest BCUT2D eigenvalue weighted by Crippen LogP contribution is -2.41. The molecule has 0 radical (unpaired) electrons. The predicted molar refractivity (Wildman–Crippen MR) is 76.1 cm³/mol. The van der Waals surface area contributed by atoms with Crippen LogP contribution in [-0.4, -0.2) is 42.7 Å². The quantitative estimate of drug-likeness (QED) is 0.871. The number of morpholine rings is 1. The molecule has 106 valence electrons. The van der Waals surface area contributed by atoms with Gasteiger partial charge in [0.05, 0.1) is 13.2 Å². The van der Waals surface area contributed by atoms with E-state index in [-0.39, 0.29) is 0 Å². The molecule has 4 nitrogen and oxygen atoms in total. The van der Waals surface area contributed by atoms with E-state index in [0.717, 1.165) is 45.2 Å². The van der Waals surface area contributed by atoms with Crippen LogP contribution in [0.1, 0.15) is 35.7 Å². The highest BCUT2D eigenvalue weighted by Crippen LogP contribution is 2.39. The molecule has 0 aromatic carbocycles. The lowest BCUT2D eigenvalue weighted by molar-refractivity contribution is 0.00799. The van der Waals surface area contributed by atoms with Crippen LogP contribution in [0.2, 0.25) is 0 Å². The van der Waals surface area contributed by atoms with Crippen LogP contribution in [0, 0.1) is 12.8 Å². The van der Waals surface area contributed by atoms with E-state index < -0.39 is 0 Å². The monoisotopic (exact) mass is 263 g/mol. The average molecular weight is 263 g/mol. The summed E-state index contributed by atoms with van der Waals surface area (Å²) in [5, 5.41) is 0. The normalized spacial score (nSPS) is 28.3. The Kier molecular flexibility index (Phi) is 3.91. The highest BCUT2D eigenvalue weighted by Gasteiger charge is 2.33. The minimum absolute atomic E-state index is 0.565. The van der Waals surface area contributed by atoms with Crippen LogP contribution in [0.5, 0.6) is 0 Å². The number of nitrogens with one attached hydrogen (secondary N) is 1. The maximum absolute atomic E-state index is 5.76. The second-order valence-electron chi connectivity index (χ2n) is 5.91. The third-order valence-electron chi connectivity index (χ3n) is 4.66. The Bertz CT molecular complexity index is 423. The van der Waals surface area contributed by atoms with E-state index >= 15 is 0 Å². The van der Waals surface area contributed by atoms with E-state index in [1.165, 1.54) is 24.1 Å². The van der Waals surface area contributed by atoms with Gasteiger partial charge < -0.3 is 15.5 Å². The summed E-state index contributed by atoms with van der Waals surface area (Å²) in [6.07, 6.45) is 5.73. The first kappa shape index (κ1) is 13.2. The number of fused-ring (bicyclic) bond motifs is 1. The third-order valence-corrected chi connectivity index (χ3v) is 4.66. The summed E-state index contributed by atoms with van der Waals surface area (Å²) in [7, 11) is 0. The van der Waals surface area contributed by atoms with Crippen LogP contribution < -0.4 is 5.73 Å². The van der Waals surface area contributed by atoms with Gasteiger partial charge in [-0.3, -0.25) is 4.90 Å². The second-order valence-corrected chi connectivity index (χ2v) is 5.91. The summed E-state index contributed by atoms with van der Waals surface area (Å²) in [6.45, 7) is 6.89. The van der Waals surface area contributed by atoms with E-state index in [1.54, 1.807) is 5.56 Å². The number of hydrogen-bond donors (Lipinski definition) is 2. The van der Waals surface area contributed by atoms with Crippen molar-refractivity contribution in [1.82, 2.24) is 9.88 Å². The minimum Gasteiger partial charge on any atom is -0.379 e. The minimum atomic E-state index is 0.565. The van der Waals surface area contributed by atoms with Crippen molar-refractivity contribution < 1.29 is 4.74 Å². The standard InChI is InChI=1S/C15H25N3O/c1-11-10-17-13-8-12(2-3-16)9-14(15(11)13)18-4-6-19-7-5-18/h10,12,14,17H,2-9,16H2,1H3. The van der Waals surface area contributed by atoms with Gasteiger partial charge in [-0.05, 0) is 49.8 Å². The Morgan fingerprint density at radius 3 is 2.95 bits per heavy atom. The van der Waals surface area contributed by atoms with Crippen molar-refractivity contribution in [2.24, 2.45) is 11.7 Å². The fourth-order valence-corrected chi connectivity index (χ4v) is 3.70. The van der Waals surface area contributed by atoms with Crippen molar-refractivity contribution in [1.29, 1.82) is 0 Å². The first-order valence-electron chi connectivity index (χ1n) is 7.48. The largest absolute Gasteiger partial charge is 0.379 e. The van der Waals surface area contributed by atoms with Crippen molar-refractivity contribution in [3.05, 3.63) is 23.0 Å². The number of ether oxygens (including phenoxy) is 1. The van der Waals surface area contributed by atoms with Gasteiger partial charge in [0.15, 0.2) is 0 Å². The molecule has 2 aliphatic rings. The molecule has 3 rings (SSSR count). The number of H-pyrrole nitrogens is 1. The molecular weight excluding hydrogens is 238 g/mol. The van der Waals surface area contributed by atoms with Crippen molar-refractivity contribution >= 4 is 0 Å². The van der Waals surface area contributed by atoms with E-state index in [9.17, 15) is 0 Å². The molecule has 1 aromatic rings. The summed E-state index contributed by atoms with van der Waals surface area (Å²) >= 11 is 0. The zero-order valence-corrected chi connectivity index (χ0v) is 11.8. The van der Waals surface area contributed by atoms with Crippen LogP contribution in [0.15, 0.2) is 6.20 Å². The molecule has 1 aliphatic carbocycles. The van der Waals surface area contributed by atoms with Crippen molar-refractivity contribution in [3.8, 4) is 0 Å². The molecule has 0 spiro atoms. The van der Waals surface area contributed by atoms with Crippen LogP contribution in [-0.2, 0) is 11.2 Å². The summed E-state index contributed by atoms with van der Waals surface area (Å²) in [5.41, 5.74) is 10.2. The highest BCUT2D eigenvalue weighted by molar-refractivity contribution is 5.35. The molecule has 1 saturated heterocycles. The maximum Gasteiger partial charge on any atom is 0.0594 e. The zero-order valence-electron chi connectivity index (χ0n) is 11.8. The first-order chi connectivity index (χ1) is 9.29.